The van der Waals surface area contributed by atoms with Crippen molar-refractivity contribution in [2.24, 2.45) is 10.7 Å². The monoisotopic (exact) mass is 352 g/mol. The Kier molecular flexibility index (Phi) is 5.49. The molecule has 0 saturated carbocycles. The molecule has 1 aromatic heterocycles. The molecule has 7 heteroatoms. The van der Waals surface area contributed by atoms with Gasteiger partial charge in [-0.25, -0.2) is 9.98 Å². The molecular formula is C16H21ClN4OS. The van der Waals surface area contributed by atoms with Crippen LogP contribution in [0.2, 0.25) is 5.02 Å². The second-order valence-electron chi connectivity index (χ2n) is 6.05. The number of benzene rings is 1. The Morgan fingerprint density at radius 2 is 2.17 bits per heavy atom. The number of nitrogens with zero attached hydrogens (tertiary/aromatic N) is 2. The lowest BCUT2D eigenvalue weighted by Crippen LogP contribution is -2.22. The molecular weight excluding hydrogens is 332 g/mol. The summed E-state index contributed by atoms with van der Waals surface area (Å²) in [7, 11) is 1.57. The van der Waals surface area contributed by atoms with E-state index in [4.69, 9.17) is 22.1 Å². The number of nitrogens with two attached hydrogens (primary N) is 1. The summed E-state index contributed by atoms with van der Waals surface area (Å²) in [5.74, 6) is 0.934. The lowest BCUT2D eigenvalue weighted by Gasteiger charge is -2.14. The van der Waals surface area contributed by atoms with Crippen molar-refractivity contribution in [1.82, 2.24) is 4.98 Å². The number of aromatic nitrogens is 1. The summed E-state index contributed by atoms with van der Waals surface area (Å²) in [4.78, 5) is 8.90. The predicted molar refractivity (Wildman–Crippen MR) is 97.8 cm³/mol. The van der Waals surface area contributed by atoms with E-state index in [2.05, 4.69) is 41.4 Å². The van der Waals surface area contributed by atoms with Gasteiger partial charge in [-0.15, -0.1) is 11.3 Å². The third-order valence-electron chi connectivity index (χ3n) is 3.13. The van der Waals surface area contributed by atoms with Crippen LogP contribution in [0.5, 0.6) is 5.75 Å². The van der Waals surface area contributed by atoms with E-state index in [1.54, 1.807) is 30.6 Å². The molecule has 0 aliphatic carbocycles. The van der Waals surface area contributed by atoms with Gasteiger partial charge in [0.15, 0.2) is 5.96 Å². The van der Waals surface area contributed by atoms with Gasteiger partial charge in [0.05, 0.1) is 24.4 Å². The van der Waals surface area contributed by atoms with Gasteiger partial charge in [0.1, 0.15) is 10.8 Å². The fraction of sp³-hybridized carbons (Fsp3) is 0.375. The van der Waals surface area contributed by atoms with Crippen molar-refractivity contribution in [3.63, 3.8) is 0 Å². The second kappa shape index (κ2) is 7.19. The molecule has 1 heterocycles. The van der Waals surface area contributed by atoms with Crippen molar-refractivity contribution in [1.29, 1.82) is 0 Å². The maximum absolute atomic E-state index is 6.08. The number of nitrogens with one attached hydrogen (secondary N) is 1. The van der Waals surface area contributed by atoms with Crippen LogP contribution in [-0.4, -0.2) is 18.1 Å². The number of halogens is 1. The minimum absolute atomic E-state index is 0.0438. The van der Waals surface area contributed by atoms with E-state index >= 15 is 0 Å². The quantitative estimate of drug-likeness (QED) is 0.643. The van der Waals surface area contributed by atoms with E-state index < -0.39 is 0 Å². The molecule has 124 valence electrons. The number of guanidine groups is 1. The van der Waals surface area contributed by atoms with Gasteiger partial charge in [0.2, 0.25) is 0 Å². The van der Waals surface area contributed by atoms with E-state index in [-0.39, 0.29) is 5.41 Å². The van der Waals surface area contributed by atoms with Crippen LogP contribution < -0.4 is 15.8 Å². The highest BCUT2D eigenvalue weighted by molar-refractivity contribution is 7.09. The van der Waals surface area contributed by atoms with Gasteiger partial charge in [-0.05, 0) is 18.2 Å². The molecule has 2 rings (SSSR count). The average molecular weight is 353 g/mol. The first-order valence-corrected chi connectivity index (χ1v) is 8.40. The standard InChI is InChI=1S/C16H21ClN4OS/c1-16(2,3)13-9-23-14(21-13)8-19-15(18)20-10-5-6-12(22-4)11(17)7-10/h5-7,9H,8H2,1-4H3,(H3,18,19,20). The molecule has 23 heavy (non-hydrogen) atoms. The Morgan fingerprint density at radius 1 is 1.43 bits per heavy atom. The molecule has 1 aromatic carbocycles. The zero-order chi connectivity index (χ0) is 17.0. The summed E-state index contributed by atoms with van der Waals surface area (Å²) < 4.78 is 5.11. The van der Waals surface area contributed by atoms with E-state index in [0.717, 1.165) is 16.4 Å². The molecule has 0 saturated heterocycles. The number of ether oxygens (including phenoxy) is 1. The Balaban J connectivity index is 2.00. The van der Waals surface area contributed by atoms with Gasteiger partial charge >= 0.3 is 0 Å². The number of anilines is 1. The first kappa shape index (κ1) is 17.6. The van der Waals surface area contributed by atoms with Gasteiger partial charge in [0.25, 0.3) is 0 Å². The highest BCUT2D eigenvalue weighted by atomic mass is 35.5. The molecule has 3 N–H and O–H groups in total. The maximum Gasteiger partial charge on any atom is 0.193 e. The lowest BCUT2D eigenvalue weighted by atomic mass is 9.93. The molecule has 0 spiro atoms. The van der Waals surface area contributed by atoms with E-state index in [0.29, 0.717) is 23.3 Å². The highest BCUT2D eigenvalue weighted by Crippen LogP contribution is 2.27. The largest absolute Gasteiger partial charge is 0.495 e. The van der Waals surface area contributed by atoms with Gasteiger partial charge in [-0.3, -0.25) is 0 Å². The van der Waals surface area contributed by atoms with Crippen molar-refractivity contribution in [2.75, 3.05) is 12.4 Å². The number of thiazole rings is 1. The maximum atomic E-state index is 6.08. The predicted octanol–water partition coefficient (Wildman–Crippen LogP) is 4.03. The summed E-state index contributed by atoms with van der Waals surface area (Å²) >= 11 is 7.67. The molecule has 2 aromatic rings. The summed E-state index contributed by atoms with van der Waals surface area (Å²) in [6.45, 7) is 6.86. The molecule has 0 atom stereocenters. The molecule has 0 fully saturated rings. The van der Waals surface area contributed by atoms with Gasteiger partial charge in [0, 0.05) is 16.5 Å². The first-order valence-electron chi connectivity index (χ1n) is 7.15. The van der Waals surface area contributed by atoms with Crippen LogP contribution >= 0.6 is 22.9 Å². The van der Waals surface area contributed by atoms with Crippen LogP contribution in [0.25, 0.3) is 0 Å². The second-order valence-corrected chi connectivity index (χ2v) is 7.40. The SMILES string of the molecule is COc1ccc(NC(N)=NCc2nc(C(C)(C)C)cs2)cc1Cl. The van der Waals surface area contributed by atoms with Crippen LogP contribution in [0.15, 0.2) is 28.6 Å². The summed E-state index contributed by atoms with van der Waals surface area (Å²) in [6, 6.07) is 5.34. The minimum atomic E-state index is 0.0438. The van der Waals surface area contributed by atoms with Crippen LogP contribution in [0.3, 0.4) is 0 Å². The first-order chi connectivity index (χ1) is 10.8. The van der Waals surface area contributed by atoms with E-state index in [1.807, 2.05) is 6.07 Å². The van der Waals surface area contributed by atoms with Crippen molar-refractivity contribution < 1.29 is 4.74 Å². The summed E-state index contributed by atoms with van der Waals surface area (Å²) in [5.41, 5.74) is 7.78. The van der Waals surface area contributed by atoms with Crippen molar-refractivity contribution in [3.8, 4) is 5.75 Å². The molecule has 0 aliphatic rings. The van der Waals surface area contributed by atoms with Crippen molar-refractivity contribution >= 4 is 34.6 Å². The van der Waals surface area contributed by atoms with Gasteiger partial charge < -0.3 is 15.8 Å². The average Bonchev–Trinajstić information content (AvgIpc) is 2.94. The lowest BCUT2D eigenvalue weighted by molar-refractivity contribution is 0.415. The van der Waals surface area contributed by atoms with Crippen LogP contribution in [0.1, 0.15) is 31.5 Å². The van der Waals surface area contributed by atoms with E-state index in [1.165, 1.54) is 0 Å². The molecule has 0 radical (unpaired) electrons. The summed E-state index contributed by atoms with van der Waals surface area (Å²) in [6.07, 6.45) is 0. The van der Waals surface area contributed by atoms with Gasteiger partial charge in [-0.1, -0.05) is 32.4 Å². The number of methoxy groups -OCH3 is 1. The molecule has 5 nitrogen and oxygen atoms in total. The van der Waals surface area contributed by atoms with E-state index in [9.17, 15) is 0 Å². The number of rotatable bonds is 4. The number of hydrogen-bond acceptors (Lipinski definition) is 4. The Labute approximate surface area is 145 Å². The van der Waals surface area contributed by atoms with Crippen LogP contribution in [0.4, 0.5) is 5.69 Å². The fourth-order valence-electron chi connectivity index (χ4n) is 1.81. The highest BCUT2D eigenvalue weighted by Gasteiger charge is 2.17. The zero-order valence-corrected chi connectivity index (χ0v) is 15.3. The Morgan fingerprint density at radius 3 is 2.74 bits per heavy atom. The Hall–Kier alpha value is -1.79. The molecule has 0 aliphatic heterocycles. The smallest absolute Gasteiger partial charge is 0.193 e. The van der Waals surface area contributed by atoms with Crippen molar-refractivity contribution in [2.45, 2.75) is 32.7 Å². The van der Waals surface area contributed by atoms with Crippen LogP contribution in [-0.2, 0) is 12.0 Å². The third kappa shape index (κ3) is 4.84. The molecule has 0 amide bonds. The topological polar surface area (TPSA) is 72.5 Å². The molecule has 0 bridgehead atoms. The zero-order valence-electron chi connectivity index (χ0n) is 13.7. The summed E-state index contributed by atoms with van der Waals surface area (Å²) in [5, 5.41) is 6.52. The number of hydrogen-bond donors (Lipinski definition) is 2. The fourth-order valence-corrected chi connectivity index (χ4v) is 3.01. The normalized spacial score (nSPS) is 12.3. The van der Waals surface area contributed by atoms with Crippen LogP contribution in [0, 0.1) is 0 Å². The van der Waals surface area contributed by atoms with Gasteiger partial charge in [-0.2, -0.15) is 0 Å². The number of aliphatic imine (C=N–C) groups is 1. The Bertz CT molecular complexity index is 706. The third-order valence-corrected chi connectivity index (χ3v) is 4.26. The minimum Gasteiger partial charge on any atom is -0.495 e. The molecule has 0 unspecified atom stereocenters. The van der Waals surface area contributed by atoms with Crippen molar-refractivity contribution in [3.05, 3.63) is 39.3 Å².